The van der Waals surface area contributed by atoms with Gasteiger partial charge in [-0.15, -0.1) is 0 Å². The molecule has 1 N–H and O–H groups in total. The van der Waals surface area contributed by atoms with Crippen molar-refractivity contribution < 1.29 is 9.90 Å². The number of allylic oxidation sites excluding steroid dienone is 2. The van der Waals surface area contributed by atoms with E-state index in [1.54, 1.807) is 0 Å². The van der Waals surface area contributed by atoms with Crippen LogP contribution in [0, 0.1) is 5.92 Å². The van der Waals surface area contributed by atoms with Crippen LogP contribution in [-0.2, 0) is 17.6 Å². The topological polar surface area (TPSA) is 43.8 Å². The summed E-state index contributed by atoms with van der Waals surface area (Å²) in [5.74, 6) is 0.315. The van der Waals surface area contributed by atoms with E-state index >= 15 is 0 Å². The molecule has 1 atom stereocenters. The smallest absolute Gasteiger partial charge is 0.226 e. The van der Waals surface area contributed by atoms with Crippen molar-refractivity contribution in [1.82, 2.24) is 9.80 Å². The molecule has 0 saturated carbocycles. The van der Waals surface area contributed by atoms with E-state index in [1.165, 1.54) is 11.1 Å². The Bertz CT molecular complexity index is 609. The normalized spacial score (nSPS) is 25.9. The second-order valence-electron chi connectivity index (χ2n) is 7.40. The Hall–Kier alpha value is -1.65. The zero-order chi connectivity index (χ0) is 16.5. The third kappa shape index (κ3) is 3.13. The van der Waals surface area contributed by atoms with E-state index in [1.807, 2.05) is 4.90 Å². The number of hydrogen-bond donors (Lipinski definition) is 1. The number of β-amino-alcohol motifs (C(OH)–C–C–N with tert-alkyl or cyclic N) is 1. The Kier molecular flexibility index (Phi) is 4.42. The van der Waals surface area contributed by atoms with Crippen LogP contribution in [-0.4, -0.2) is 59.1 Å². The number of carbonyl (C=O) groups excluding carboxylic acids is 1. The molecule has 0 spiro atoms. The molecule has 1 fully saturated rings. The highest BCUT2D eigenvalue weighted by atomic mass is 16.3. The van der Waals surface area contributed by atoms with E-state index in [4.69, 9.17) is 0 Å². The van der Waals surface area contributed by atoms with Gasteiger partial charge in [-0.3, -0.25) is 9.69 Å². The van der Waals surface area contributed by atoms with Crippen LogP contribution in [0.4, 0.5) is 0 Å². The monoisotopic (exact) mass is 326 g/mol. The molecule has 3 aliphatic rings. The molecular weight excluding hydrogens is 300 g/mol. The van der Waals surface area contributed by atoms with Gasteiger partial charge < -0.3 is 10.0 Å². The summed E-state index contributed by atoms with van der Waals surface area (Å²) in [7, 11) is 0. The van der Waals surface area contributed by atoms with Gasteiger partial charge in [-0.25, -0.2) is 0 Å². The number of aliphatic hydroxyl groups excluding tert-OH is 1. The van der Waals surface area contributed by atoms with Gasteiger partial charge in [0.1, 0.15) is 0 Å². The van der Waals surface area contributed by atoms with Gasteiger partial charge in [-0.1, -0.05) is 36.4 Å². The van der Waals surface area contributed by atoms with Gasteiger partial charge in [-0.05, 0) is 36.8 Å². The zero-order valence-corrected chi connectivity index (χ0v) is 14.1. The fourth-order valence-electron chi connectivity index (χ4n) is 4.42. The fraction of sp³-hybridized carbons (Fsp3) is 0.550. The van der Waals surface area contributed by atoms with Crippen molar-refractivity contribution in [2.75, 3.05) is 26.2 Å². The standard InChI is InChI=1S/C20H26N2O2/c23-19-13-21(18-11-16-7-3-4-8-17(16)12-18)9-10-22(14-19)20(24)15-5-1-2-6-15/h1-4,7-8,15,18-19,23H,5-6,9-14H2/t19-/m0/s1. The predicted octanol–water partition coefficient (Wildman–Crippen LogP) is 1.63. The minimum atomic E-state index is -0.450. The summed E-state index contributed by atoms with van der Waals surface area (Å²) in [6, 6.07) is 9.10. The number of amides is 1. The number of nitrogens with zero attached hydrogens (tertiary/aromatic N) is 2. The van der Waals surface area contributed by atoms with Crippen molar-refractivity contribution in [3.8, 4) is 0 Å². The molecule has 4 rings (SSSR count). The lowest BCUT2D eigenvalue weighted by Crippen LogP contribution is -2.41. The largest absolute Gasteiger partial charge is 0.390 e. The van der Waals surface area contributed by atoms with Gasteiger partial charge >= 0.3 is 0 Å². The first-order valence-corrected chi connectivity index (χ1v) is 9.13. The molecule has 4 heteroatoms. The molecule has 1 heterocycles. The second-order valence-corrected chi connectivity index (χ2v) is 7.40. The summed E-state index contributed by atoms with van der Waals surface area (Å²) in [6.07, 6.45) is 7.57. The Morgan fingerprint density at radius 3 is 2.33 bits per heavy atom. The van der Waals surface area contributed by atoms with Crippen LogP contribution in [0.3, 0.4) is 0 Å². The molecule has 0 radical (unpaired) electrons. The molecule has 0 unspecified atom stereocenters. The average Bonchev–Trinajstić information content (AvgIpc) is 3.22. The van der Waals surface area contributed by atoms with Crippen LogP contribution >= 0.6 is 0 Å². The maximum Gasteiger partial charge on any atom is 0.226 e. The molecule has 0 bridgehead atoms. The molecule has 2 aliphatic carbocycles. The summed E-state index contributed by atoms with van der Waals surface area (Å²) >= 11 is 0. The van der Waals surface area contributed by atoms with Crippen LogP contribution in [0.1, 0.15) is 24.0 Å². The van der Waals surface area contributed by atoms with E-state index < -0.39 is 6.10 Å². The van der Waals surface area contributed by atoms with E-state index in [0.29, 0.717) is 19.1 Å². The highest BCUT2D eigenvalue weighted by molar-refractivity contribution is 5.79. The minimum Gasteiger partial charge on any atom is -0.390 e. The molecule has 1 aromatic carbocycles. The van der Waals surface area contributed by atoms with E-state index in [2.05, 4.69) is 41.3 Å². The van der Waals surface area contributed by atoms with Crippen LogP contribution in [0.25, 0.3) is 0 Å². The zero-order valence-electron chi connectivity index (χ0n) is 14.1. The van der Waals surface area contributed by atoms with Crippen molar-refractivity contribution in [2.24, 2.45) is 5.92 Å². The Balaban J connectivity index is 1.40. The van der Waals surface area contributed by atoms with Gasteiger partial charge in [0.15, 0.2) is 0 Å². The van der Waals surface area contributed by atoms with Gasteiger partial charge in [0.2, 0.25) is 5.91 Å². The molecule has 1 amide bonds. The van der Waals surface area contributed by atoms with Gasteiger partial charge in [0.25, 0.3) is 0 Å². The van der Waals surface area contributed by atoms with Crippen molar-refractivity contribution in [3.05, 3.63) is 47.5 Å². The van der Waals surface area contributed by atoms with E-state index in [9.17, 15) is 9.90 Å². The summed E-state index contributed by atoms with van der Waals surface area (Å²) in [6.45, 7) is 2.75. The first-order chi connectivity index (χ1) is 11.7. The third-order valence-corrected chi connectivity index (χ3v) is 5.75. The molecule has 1 aliphatic heterocycles. The van der Waals surface area contributed by atoms with Crippen molar-refractivity contribution in [1.29, 1.82) is 0 Å². The maximum absolute atomic E-state index is 12.7. The fourth-order valence-corrected chi connectivity index (χ4v) is 4.42. The van der Waals surface area contributed by atoms with Gasteiger partial charge in [0, 0.05) is 38.1 Å². The van der Waals surface area contributed by atoms with Crippen molar-refractivity contribution in [2.45, 2.75) is 37.8 Å². The summed E-state index contributed by atoms with van der Waals surface area (Å²) in [5, 5.41) is 10.4. The van der Waals surface area contributed by atoms with Crippen molar-refractivity contribution >= 4 is 5.91 Å². The van der Waals surface area contributed by atoms with Gasteiger partial charge in [-0.2, -0.15) is 0 Å². The maximum atomic E-state index is 12.7. The third-order valence-electron chi connectivity index (χ3n) is 5.75. The molecule has 1 saturated heterocycles. The Labute approximate surface area is 143 Å². The number of hydrogen-bond acceptors (Lipinski definition) is 3. The Morgan fingerprint density at radius 1 is 1.00 bits per heavy atom. The second kappa shape index (κ2) is 6.69. The lowest BCUT2D eigenvalue weighted by molar-refractivity contribution is -0.136. The number of rotatable bonds is 2. The van der Waals surface area contributed by atoms with Crippen LogP contribution in [0.15, 0.2) is 36.4 Å². The highest BCUT2D eigenvalue weighted by Gasteiger charge is 2.33. The molecule has 0 aromatic heterocycles. The molecule has 24 heavy (non-hydrogen) atoms. The molecule has 4 nitrogen and oxygen atoms in total. The van der Waals surface area contributed by atoms with E-state index in [-0.39, 0.29) is 11.8 Å². The highest BCUT2D eigenvalue weighted by Crippen LogP contribution is 2.27. The van der Waals surface area contributed by atoms with Crippen molar-refractivity contribution in [3.63, 3.8) is 0 Å². The summed E-state index contributed by atoms with van der Waals surface area (Å²) in [5.41, 5.74) is 2.87. The lowest BCUT2D eigenvalue weighted by atomic mass is 10.1. The number of carbonyl (C=O) groups is 1. The summed E-state index contributed by atoms with van der Waals surface area (Å²) in [4.78, 5) is 16.9. The predicted molar refractivity (Wildman–Crippen MR) is 93.7 cm³/mol. The number of fused-ring (bicyclic) bond motifs is 1. The minimum absolute atomic E-state index is 0.0967. The summed E-state index contributed by atoms with van der Waals surface area (Å²) < 4.78 is 0. The lowest BCUT2D eigenvalue weighted by Gasteiger charge is -2.28. The van der Waals surface area contributed by atoms with Gasteiger partial charge in [0.05, 0.1) is 6.10 Å². The molecule has 1 aromatic rings. The quantitative estimate of drug-likeness (QED) is 0.840. The van der Waals surface area contributed by atoms with Crippen LogP contribution in [0.5, 0.6) is 0 Å². The molecular formula is C20H26N2O2. The SMILES string of the molecule is O=C(C1CC=CC1)N1CCN(C2Cc3ccccc3C2)C[C@H](O)C1. The van der Waals surface area contributed by atoms with E-state index in [0.717, 1.165) is 38.8 Å². The number of benzene rings is 1. The number of aliphatic hydroxyl groups is 1. The van der Waals surface area contributed by atoms with Crippen LogP contribution < -0.4 is 0 Å². The Morgan fingerprint density at radius 2 is 1.67 bits per heavy atom. The molecule has 128 valence electrons. The first kappa shape index (κ1) is 15.9. The average molecular weight is 326 g/mol. The van der Waals surface area contributed by atoms with Crippen LogP contribution in [0.2, 0.25) is 0 Å². The first-order valence-electron chi connectivity index (χ1n) is 9.13.